The van der Waals surface area contributed by atoms with Crippen molar-refractivity contribution < 1.29 is 18.8 Å². The molecule has 8 heteroatoms. The van der Waals surface area contributed by atoms with Crippen molar-refractivity contribution in [3.63, 3.8) is 0 Å². The fourth-order valence-corrected chi connectivity index (χ4v) is 2.78. The number of ether oxygens (including phenoxy) is 2. The number of hydrogen-bond donors (Lipinski definition) is 1. The van der Waals surface area contributed by atoms with Crippen LogP contribution in [0.5, 0.6) is 5.88 Å². The zero-order valence-corrected chi connectivity index (χ0v) is 14.7. The number of carbonyl (C=O) groups excluding carboxylic acids is 1. The van der Waals surface area contributed by atoms with Crippen LogP contribution in [0.3, 0.4) is 0 Å². The van der Waals surface area contributed by atoms with Crippen molar-refractivity contribution in [1.29, 1.82) is 0 Å². The smallest absolute Gasteiger partial charge is 0.290 e. The van der Waals surface area contributed by atoms with Gasteiger partial charge in [-0.2, -0.15) is 0 Å². The lowest BCUT2D eigenvalue weighted by atomic mass is 10.1. The van der Waals surface area contributed by atoms with Gasteiger partial charge >= 0.3 is 0 Å². The van der Waals surface area contributed by atoms with Gasteiger partial charge in [-0.05, 0) is 25.5 Å². The van der Waals surface area contributed by atoms with E-state index in [2.05, 4.69) is 15.5 Å². The average molecular weight is 346 g/mol. The number of hydrogen-bond acceptors (Lipinski definition) is 7. The highest BCUT2D eigenvalue weighted by atomic mass is 16.5. The molecule has 0 bridgehead atoms. The second-order valence-electron chi connectivity index (χ2n) is 5.90. The molecule has 0 unspecified atom stereocenters. The minimum atomic E-state index is -0.325. The summed E-state index contributed by atoms with van der Waals surface area (Å²) in [6.07, 6.45) is 0. The normalized spacial score (nSPS) is 14.4. The maximum atomic E-state index is 12.3. The summed E-state index contributed by atoms with van der Waals surface area (Å²) >= 11 is 0. The summed E-state index contributed by atoms with van der Waals surface area (Å²) < 4.78 is 15.8. The van der Waals surface area contributed by atoms with E-state index in [-0.39, 0.29) is 11.7 Å². The lowest BCUT2D eigenvalue weighted by molar-refractivity contribution is 0.0913. The summed E-state index contributed by atoms with van der Waals surface area (Å²) in [5.74, 6) is 1.02. The highest BCUT2D eigenvalue weighted by molar-refractivity contribution is 5.92. The number of aromatic nitrogens is 2. The molecule has 2 aromatic rings. The number of morpholine rings is 1. The Kier molecular flexibility index (Phi) is 5.18. The molecule has 1 N–H and O–H groups in total. The van der Waals surface area contributed by atoms with Crippen LogP contribution in [0.25, 0.3) is 0 Å². The highest BCUT2D eigenvalue weighted by Crippen LogP contribution is 2.21. The Morgan fingerprint density at radius 3 is 2.80 bits per heavy atom. The average Bonchev–Trinajstić information content (AvgIpc) is 3.11. The molecule has 1 saturated heterocycles. The van der Waals surface area contributed by atoms with E-state index in [0.717, 1.165) is 29.9 Å². The van der Waals surface area contributed by atoms with Gasteiger partial charge in [0, 0.05) is 37.0 Å². The van der Waals surface area contributed by atoms with Gasteiger partial charge in [0.15, 0.2) is 5.82 Å². The maximum absolute atomic E-state index is 12.3. The summed E-state index contributed by atoms with van der Waals surface area (Å²) in [6, 6.07) is 3.60. The molecule has 0 aromatic carbocycles. The second-order valence-corrected chi connectivity index (χ2v) is 5.90. The Labute approximate surface area is 146 Å². The van der Waals surface area contributed by atoms with Crippen LogP contribution in [0.2, 0.25) is 0 Å². The molecule has 0 spiro atoms. The Balaban J connectivity index is 1.66. The summed E-state index contributed by atoms with van der Waals surface area (Å²) in [5, 5.41) is 6.81. The highest BCUT2D eigenvalue weighted by Gasteiger charge is 2.19. The zero-order valence-electron chi connectivity index (χ0n) is 14.7. The fourth-order valence-electron chi connectivity index (χ4n) is 2.78. The number of amides is 1. The van der Waals surface area contributed by atoms with E-state index < -0.39 is 0 Å². The van der Waals surface area contributed by atoms with Gasteiger partial charge in [-0.25, -0.2) is 4.98 Å². The number of methoxy groups -OCH3 is 1. The first-order chi connectivity index (χ1) is 12.1. The Hall–Kier alpha value is -2.61. The molecule has 0 saturated carbocycles. The van der Waals surface area contributed by atoms with Gasteiger partial charge < -0.3 is 24.2 Å². The summed E-state index contributed by atoms with van der Waals surface area (Å²) in [6.45, 7) is 6.93. The number of aryl methyl sites for hydroxylation is 2. The van der Waals surface area contributed by atoms with Crippen LogP contribution in [0.4, 0.5) is 5.82 Å². The first-order valence-corrected chi connectivity index (χ1v) is 8.17. The fraction of sp³-hybridized carbons (Fsp3) is 0.471. The Bertz CT molecular complexity index is 753. The van der Waals surface area contributed by atoms with Crippen molar-refractivity contribution >= 4 is 11.7 Å². The van der Waals surface area contributed by atoms with Crippen LogP contribution >= 0.6 is 0 Å². The standard InChI is InChI=1S/C17H22N4O4/c1-11-8-12(2)19-17(23-3)13(11)10-18-16(22)14-9-15(20-25-14)21-4-6-24-7-5-21/h8-9H,4-7,10H2,1-3H3,(H,18,22). The number of nitrogens with zero attached hydrogens (tertiary/aromatic N) is 3. The van der Waals surface area contributed by atoms with E-state index in [1.54, 1.807) is 13.2 Å². The molecule has 134 valence electrons. The largest absolute Gasteiger partial charge is 0.481 e. The van der Waals surface area contributed by atoms with Gasteiger partial charge in [0.2, 0.25) is 11.6 Å². The Morgan fingerprint density at radius 1 is 1.32 bits per heavy atom. The molecule has 1 fully saturated rings. The van der Waals surface area contributed by atoms with Gasteiger partial charge in [0.05, 0.1) is 20.3 Å². The van der Waals surface area contributed by atoms with Crippen molar-refractivity contribution in [2.24, 2.45) is 0 Å². The third-order valence-corrected chi connectivity index (χ3v) is 4.11. The van der Waals surface area contributed by atoms with E-state index >= 15 is 0 Å². The second kappa shape index (κ2) is 7.52. The Morgan fingerprint density at radius 2 is 2.08 bits per heavy atom. The summed E-state index contributed by atoms with van der Waals surface area (Å²) in [5.41, 5.74) is 2.72. The van der Waals surface area contributed by atoms with Gasteiger partial charge in [-0.1, -0.05) is 5.16 Å². The van der Waals surface area contributed by atoms with Crippen molar-refractivity contribution in [3.05, 3.63) is 34.7 Å². The van der Waals surface area contributed by atoms with Crippen molar-refractivity contribution in [2.75, 3.05) is 38.3 Å². The monoisotopic (exact) mass is 346 g/mol. The van der Waals surface area contributed by atoms with Crippen LogP contribution < -0.4 is 15.0 Å². The van der Waals surface area contributed by atoms with Crippen molar-refractivity contribution in [1.82, 2.24) is 15.5 Å². The summed E-state index contributed by atoms with van der Waals surface area (Å²) in [7, 11) is 1.57. The molecule has 25 heavy (non-hydrogen) atoms. The number of anilines is 1. The first kappa shape index (κ1) is 17.2. The topological polar surface area (TPSA) is 89.7 Å². The third-order valence-electron chi connectivity index (χ3n) is 4.11. The van der Waals surface area contributed by atoms with Gasteiger partial charge in [-0.3, -0.25) is 4.79 Å². The molecular formula is C17H22N4O4. The van der Waals surface area contributed by atoms with E-state index in [1.165, 1.54) is 0 Å². The minimum absolute atomic E-state index is 0.179. The molecule has 8 nitrogen and oxygen atoms in total. The lowest BCUT2D eigenvalue weighted by Gasteiger charge is -2.25. The quantitative estimate of drug-likeness (QED) is 0.876. The summed E-state index contributed by atoms with van der Waals surface area (Å²) in [4.78, 5) is 18.7. The number of rotatable bonds is 5. The van der Waals surface area contributed by atoms with Crippen LogP contribution in [0.15, 0.2) is 16.7 Å². The minimum Gasteiger partial charge on any atom is -0.481 e. The number of pyridine rings is 1. The molecule has 0 atom stereocenters. The molecule has 1 amide bonds. The number of nitrogens with one attached hydrogen (secondary N) is 1. The van der Waals surface area contributed by atoms with Crippen LogP contribution in [-0.2, 0) is 11.3 Å². The number of carbonyl (C=O) groups is 1. The van der Waals surface area contributed by atoms with E-state index in [1.807, 2.05) is 24.8 Å². The van der Waals surface area contributed by atoms with E-state index in [0.29, 0.717) is 31.5 Å². The van der Waals surface area contributed by atoms with Gasteiger partial charge in [0.25, 0.3) is 5.91 Å². The molecule has 3 heterocycles. The predicted octanol–water partition coefficient (Wildman–Crippen LogP) is 1.46. The van der Waals surface area contributed by atoms with E-state index in [4.69, 9.17) is 14.0 Å². The molecule has 0 aliphatic carbocycles. The van der Waals surface area contributed by atoms with Crippen LogP contribution in [0.1, 0.15) is 27.4 Å². The third kappa shape index (κ3) is 3.90. The molecule has 2 aromatic heterocycles. The van der Waals surface area contributed by atoms with Crippen LogP contribution in [0, 0.1) is 13.8 Å². The van der Waals surface area contributed by atoms with Crippen molar-refractivity contribution in [3.8, 4) is 5.88 Å². The first-order valence-electron chi connectivity index (χ1n) is 8.17. The van der Waals surface area contributed by atoms with Crippen molar-refractivity contribution in [2.45, 2.75) is 20.4 Å². The molecular weight excluding hydrogens is 324 g/mol. The van der Waals surface area contributed by atoms with Gasteiger partial charge in [0.1, 0.15) is 0 Å². The molecule has 0 radical (unpaired) electrons. The SMILES string of the molecule is COc1nc(C)cc(C)c1CNC(=O)c1cc(N2CCOCC2)no1. The molecule has 1 aliphatic rings. The lowest BCUT2D eigenvalue weighted by Crippen LogP contribution is -2.36. The van der Waals surface area contributed by atoms with E-state index in [9.17, 15) is 4.79 Å². The van der Waals surface area contributed by atoms with Gasteiger partial charge in [-0.15, -0.1) is 0 Å². The predicted molar refractivity (Wildman–Crippen MR) is 91.0 cm³/mol. The molecule has 3 rings (SSSR count). The van der Waals surface area contributed by atoms with Crippen LogP contribution in [-0.4, -0.2) is 49.5 Å². The molecule has 1 aliphatic heterocycles. The maximum Gasteiger partial charge on any atom is 0.290 e. The zero-order chi connectivity index (χ0) is 17.8.